The summed E-state index contributed by atoms with van der Waals surface area (Å²) in [5.41, 5.74) is 2.86. The Bertz CT molecular complexity index is 1430. The summed E-state index contributed by atoms with van der Waals surface area (Å²) in [6.07, 6.45) is 2.32. The summed E-state index contributed by atoms with van der Waals surface area (Å²) in [6.45, 7) is 5.47. The van der Waals surface area contributed by atoms with Crippen LogP contribution in [0.1, 0.15) is 30.5 Å². The van der Waals surface area contributed by atoms with Crippen LogP contribution in [0.25, 0.3) is 6.08 Å². The molecule has 0 aliphatic carbocycles. The van der Waals surface area contributed by atoms with Gasteiger partial charge >= 0.3 is 0 Å². The minimum atomic E-state index is -0.518. The Hall–Kier alpha value is -3.82. The fourth-order valence-electron chi connectivity index (χ4n) is 4.16. The van der Waals surface area contributed by atoms with Gasteiger partial charge in [-0.2, -0.15) is 0 Å². The van der Waals surface area contributed by atoms with Crippen LogP contribution in [-0.2, 0) is 17.8 Å². The number of carbonyl (C=O) groups is 1. The molecule has 1 aliphatic heterocycles. The zero-order chi connectivity index (χ0) is 28.6. The summed E-state index contributed by atoms with van der Waals surface area (Å²) >= 11 is 11.3. The Labute approximate surface area is 243 Å². The number of ether oxygens (including phenoxy) is 4. The molecule has 210 valence electrons. The molecule has 1 saturated heterocycles. The number of nitrogens with one attached hydrogen (secondary N) is 1. The predicted octanol–water partition coefficient (Wildman–Crippen LogP) is 6.16. The van der Waals surface area contributed by atoms with E-state index in [1.54, 1.807) is 24.2 Å². The van der Waals surface area contributed by atoms with Crippen LogP contribution in [0.15, 0.2) is 60.3 Å². The molecule has 0 saturated carbocycles. The molecule has 7 nitrogen and oxygen atoms in total. The zero-order valence-electron chi connectivity index (χ0n) is 22.5. The lowest BCUT2D eigenvalue weighted by atomic mass is 10.1. The molecule has 0 atom stereocenters. The lowest BCUT2D eigenvalue weighted by Gasteiger charge is -2.16. The Balaban J connectivity index is 1.45. The van der Waals surface area contributed by atoms with Crippen molar-refractivity contribution in [2.75, 3.05) is 26.9 Å². The van der Waals surface area contributed by atoms with Crippen molar-refractivity contribution in [3.05, 3.63) is 87.8 Å². The van der Waals surface area contributed by atoms with Gasteiger partial charge in [0, 0.05) is 18.2 Å². The van der Waals surface area contributed by atoms with E-state index in [0.29, 0.717) is 60.0 Å². The maximum absolute atomic E-state index is 13.5. The highest BCUT2D eigenvalue weighted by Crippen LogP contribution is 2.29. The van der Waals surface area contributed by atoms with Crippen LogP contribution in [0.2, 0.25) is 5.02 Å². The Morgan fingerprint density at radius 3 is 2.45 bits per heavy atom. The van der Waals surface area contributed by atoms with Gasteiger partial charge in [-0.15, -0.1) is 0 Å². The molecule has 1 amide bonds. The maximum atomic E-state index is 13.5. The van der Waals surface area contributed by atoms with Gasteiger partial charge in [0.05, 0.1) is 25.3 Å². The van der Waals surface area contributed by atoms with E-state index in [0.717, 1.165) is 16.7 Å². The van der Waals surface area contributed by atoms with Crippen LogP contribution >= 0.6 is 23.8 Å². The average Bonchev–Trinajstić information content (AvgIpc) is 3.21. The number of benzene rings is 3. The second-order valence-corrected chi connectivity index (χ2v) is 9.57. The van der Waals surface area contributed by atoms with Crippen molar-refractivity contribution in [1.82, 2.24) is 10.2 Å². The molecule has 0 radical (unpaired) electrons. The molecule has 0 unspecified atom stereocenters. The number of nitrogens with zero attached hydrogens (tertiary/aromatic N) is 1. The third-order valence-electron chi connectivity index (χ3n) is 6.10. The monoisotopic (exact) mass is 584 g/mol. The van der Waals surface area contributed by atoms with Gasteiger partial charge in [-0.05, 0) is 86.1 Å². The minimum Gasteiger partial charge on any atom is -0.496 e. The molecule has 0 aromatic heterocycles. The summed E-state index contributed by atoms with van der Waals surface area (Å²) in [6, 6.07) is 15.4. The lowest BCUT2D eigenvalue weighted by Crippen LogP contribution is -2.32. The van der Waals surface area contributed by atoms with Gasteiger partial charge in [0.25, 0.3) is 5.91 Å². The topological polar surface area (TPSA) is 69.3 Å². The summed E-state index contributed by atoms with van der Waals surface area (Å²) in [4.78, 5) is 14.7. The maximum Gasteiger partial charge on any atom is 0.276 e. The SMILES string of the molecule is CCOc1ccc(CCN2C(=O)/C(=C\c3ccc(OC)c(COc4ccc(F)c(Cl)c4)c3)NC2=S)cc1OCC. The smallest absolute Gasteiger partial charge is 0.276 e. The molecule has 40 heavy (non-hydrogen) atoms. The number of hydrogen-bond acceptors (Lipinski definition) is 6. The molecule has 10 heteroatoms. The molecule has 3 aromatic carbocycles. The van der Waals surface area contributed by atoms with Crippen molar-refractivity contribution >= 4 is 40.9 Å². The molecular weight excluding hydrogens is 555 g/mol. The van der Waals surface area contributed by atoms with E-state index in [-0.39, 0.29) is 17.5 Å². The number of amides is 1. The lowest BCUT2D eigenvalue weighted by molar-refractivity contribution is -0.122. The summed E-state index contributed by atoms with van der Waals surface area (Å²) in [7, 11) is 1.56. The van der Waals surface area contributed by atoms with Crippen molar-refractivity contribution in [3.8, 4) is 23.0 Å². The zero-order valence-corrected chi connectivity index (χ0v) is 24.0. The fraction of sp³-hybridized carbons (Fsp3) is 0.267. The van der Waals surface area contributed by atoms with Crippen LogP contribution in [0.4, 0.5) is 4.39 Å². The van der Waals surface area contributed by atoms with Gasteiger partial charge in [0.15, 0.2) is 16.6 Å². The van der Waals surface area contributed by atoms with E-state index >= 15 is 0 Å². The van der Waals surface area contributed by atoms with E-state index in [1.165, 1.54) is 18.2 Å². The summed E-state index contributed by atoms with van der Waals surface area (Å²) < 4.78 is 36.1. The van der Waals surface area contributed by atoms with Gasteiger partial charge in [-0.1, -0.05) is 23.7 Å². The van der Waals surface area contributed by atoms with E-state index in [4.69, 9.17) is 42.8 Å². The standard InChI is InChI=1S/C30H30ClFN2O5S/c1-4-37-27-11-6-19(16-28(27)38-5-2)12-13-34-29(35)25(33-30(34)40)15-20-7-10-26(36-3)21(14-20)18-39-22-8-9-24(32)23(31)17-22/h6-11,14-17H,4-5,12-13,18H2,1-3H3,(H,33,40)/b25-15+. The number of thiocarbonyl (C=S) groups is 1. The molecule has 1 N–H and O–H groups in total. The predicted molar refractivity (Wildman–Crippen MR) is 157 cm³/mol. The van der Waals surface area contributed by atoms with E-state index in [1.807, 2.05) is 44.2 Å². The highest BCUT2D eigenvalue weighted by molar-refractivity contribution is 7.80. The second kappa shape index (κ2) is 13.5. The van der Waals surface area contributed by atoms with Crippen LogP contribution in [0, 0.1) is 5.82 Å². The largest absolute Gasteiger partial charge is 0.496 e. The highest BCUT2D eigenvalue weighted by Gasteiger charge is 2.30. The number of methoxy groups -OCH3 is 1. The van der Waals surface area contributed by atoms with Gasteiger partial charge < -0.3 is 24.3 Å². The van der Waals surface area contributed by atoms with Crippen LogP contribution in [0.5, 0.6) is 23.0 Å². The van der Waals surface area contributed by atoms with Crippen molar-refractivity contribution in [2.24, 2.45) is 0 Å². The van der Waals surface area contributed by atoms with E-state index in [9.17, 15) is 9.18 Å². The normalized spacial score (nSPS) is 13.9. The van der Waals surface area contributed by atoms with Crippen molar-refractivity contribution in [1.29, 1.82) is 0 Å². The average molecular weight is 585 g/mol. The van der Waals surface area contributed by atoms with Gasteiger partial charge in [-0.25, -0.2) is 4.39 Å². The Morgan fingerprint density at radius 2 is 1.73 bits per heavy atom. The number of halogens is 2. The number of rotatable bonds is 12. The van der Waals surface area contributed by atoms with Gasteiger partial charge in [-0.3, -0.25) is 9.69 Å². The molecule has 0 bridgehead atoms. The van der Waals surface area contributed by atoms with Gasteiger partial charge in [0.1, 0.15) is 29.6 Å². The summed E-state index contributed by atoms with van der Waals surface area (Å²) in [5.74, 6) is 1.68. The minimum absolute atomic E-state index is 0.0217. The first kappa shape index (κ1) is 29.2. The first-order valence-electron chi connectivity index (χ1n) is 12.8. The molecule has 1 fully saturated rings. The first-order valence-corrected chi connectivity index (χ1v) is 13.6. The quantitative estimate of drug-likeness (QED) is 0.202. The molecule has 3 aromatic rings. The Kier molecular flexibility index (Phi) is 9.84. The van der Waals surface area contributed by atoms with Crippen LogP contribution < -0.4 is 24.3 Å². The van der Waals surface area contributed by atoms with Crippen molar-refractivity contribution in [2.45, 2.75) is 26.9 Å². The number of hydrogen-bond donors (Lipinski definition) is 1. The van der Waals surface area contributed by atoms with E-state index in [2.05, 4.69) is 5.32 Å². The van der Waals surface area contributed by atoms with Crippen LogP contribution in [-0.4, -0.2) is 42.8 Å². The Morgan fingerprint density at radius 1 is 0.975 bits per heavy atom. The molecular formula is C30H30ClFN2O5S. The third kappa shape index (κ3) is 7.03. The van der Waals surface area contributed by atoms with Crippen molar-refractivity contribution in [3.63, 3.8) is 0 Å². The molecule has 0 spiro atoms. The third-order valence-corrected chi connectivity index (χ3v) is 6.71. The molecule has 4 rings (SSSR count). The van der Waals surface area contributed by atoms with Crippen LogP contribution in [0.3, 0.4) is 0 Å². The van der Waals surface area contributed by atoms with E-state index < -0.39 is 5.82 Å². The first-order chi connectivity index (χ1) is 19.3. The van der Waals surface area contributed by atoms with Crippen molar-refractivity contribution < 1.29 is 28.1 Å². The molecule has 1 aliphatic rings. The van der Waals surface area contributed by atoms with Gasteiger partial charge in [0.2, 0.25) is 0 Å². The summed E-state index contributed by atoms with van der Waals surface area (Å²) in [5, 5.41) is 3.35. The second-order valence-electron chi connectivity index (χ2n) is 8.78. The highest BCUT2D eigenvalue weighted by atomic mass is 35.5. The fourth-order valence-corrected chi connectivity index (χ4v) is 4.62. The molecule has 1 heterocycles. The number of carbonyl (C=O) groups excluding carboxylic acids is 1.